The second-order valence-corrected chi connectivity index (χ2v) is 5.22. The number of hydrogen-bond acceptors (Lipinski definition) is 5. The molecule has 0 saturated carbocycles. The number of hydrogen-bond donors (Lipinski definition) is 1. The maximum Gasteiger partial charge on any atom is 0.342 e. The second kappa shape index (κ2) is 8.73. The highest BCUT2D eigenvalue weighted by atomic mass is 16.5. The van der Waals surface area contributed by atoms with Crippen molar-refractivity contribution in [1.82, 2.24) is 0 Å². The van der Waals surface area contributed by atoms with Gasteiger partial charge in [-0.05, 0) is 36.2 Å². The van der Waals surface area contributed by atoms with E-state index in [2.05, 4.69) is 12.2 Å². The first-order valence-corrected chi connectivity index (χ1v) is 7.86. The van der Waals surface area contributed by atoms with Crippen molar-refractivity contribution in [3.05, 3.63) is 53.6 Å². The van der Waals surface area contributed by atoms with Crippen LogP contribution in [0, 0.1) is 0 Å². The highest BCUT2D eigenvalue weighted by molar-refractivity contribution is 5.97. The summed E-state index contributed by atoms with van der Waals surface area (Å²) in [7, 11) is 2.91. The quantitative estimate of drug-likeness (QED) is 0.782. The topological polar surface area (TPSA) is 73.9 Å². The summed E-state index contributed by atoms with van der Waals surface area (Å²) in [6.45, 7) is 1.66. The Morgan fingerprint density at radius 1 is 1.00 bits per heavy atom. The molecule has 0 bridgehead atoms. The van der Waals surface area contributed by atoms with Gasteiger partial charge in [-0.1, -0.05) is 25.1 Å². The van der Waals surface area contributed by atoms with Crippen molar-refractivity contribution in [2.24, 2.45) is 0 Å². The van der Waals surface area contributed by atoms with Crippen molar-refractivity contribution < 1.29 is 23.8 Å². The number of rotatable bonds is 7. The molecule has 2 rings (SSSR count). The smallest absolute Gasteiger partial charge is 0.342 e. The Morgan fingerprint density at radius 2 is 1.72 bits per heavy atom. The molecule has 0 aliphatic rings. The lowest BCUT2D eigenvalue weighted by Crippen LogP contribution is -2.21. The zero-order valence-electron chi connectivity index (χ0n) is 14.5. The minimum Gasteiger partial charge on any atom is -0.493 e. The highest BCUT2D eigenvalue weighted by Gasteiger charge is 2.18. The number of ether oxygens (including phenoxy) is 3. The van der Waals surface area contributed by atoms with Crippen LogP contribution >= 0.6 is 0 Å². The maximum absolute atomic E-state index is 12.2. The summed E-state index contributed by atoms with van der Waals surface area (Å²) in [6.07, 6.45) is 0.925. The highest BCUT2D eigenvalue weighted by Crippen LogP contribution is 2.31. The maximum atomic E-state index is 12.2. The lowest BCUT2D eigenvalue weighted by atomic mass is 10.1. The van der Waals surface area contributed by atoms with Crippen molar-refractivity contribution in [2.45, 2.75) is 13.3 Å². The van der Waals surface area contributed by atoms with Crippen molar-refractivity contribution in [3.63, 3.8) is 0 Å². The molecule has 0 aliphatic heterocycles. The van der Waals surface area contributed by atoms with Gasteiger partial charge in [-0.2, -0.15) is 0 Å². The third-order valence-electron chi connectivity index (χ3n) is 3.60. The van der Waals surface area contributed by atoms with E-state index in [0.717, 1.165) is 6.42 Å². The summed E-state index contributed by atoms with van der Waals surface area (Å²) in [4.78, 5) is 24.1. The molecular weight excluding hydrogens is 322 g/mol. The van der Waals surface area contributed by atoms with E-state index >= 15 is 0 Å². The monoisotopic (exact) mass is 343 g/mol. The third kappa shape index (κ3) is 4.73. The Bertz CT molecular complexity index is 740. The molecule has 0 radical (unpaired) electrons. The van der Waals surface area contributed by atoms with Gasteiger partial charge in [-0.3, -0.25) is 4.79 Å². The van der Waals surface area contributed by atoms with Gasteiger partial charge in [-0.15, -0.1) is 0 Å². The number of methoxy groups -OCH3 is 2. The molecular formula is C19H21NO5. The number of aryl methyl sites for hydroxylation is 1. The Hall–Kier alpha value is -3.02. The zero-order chi connectivity index (χ0) is 18.2. The van der Waals surface area contributed by atoms with E-state index in [0.29, 0.717) is 11.4 Å². The minimum absolute atomic E-state index is 0.196. The van der Waals surface area contributed by atoms with Crippen LogP contribution in [-0.4, -0.2) is 32.7 Å². The van der Waals surface area contributed by atoms with Gasteiger partial charge in [0.15, 0.2) is 18.1 Å². The Morgan fingerprint density at radius 3 is 2.32 bits per heavy atom. The van der Waals surface area contributed by atoms with E-state index in [4.69, 9.17) is 14.2 Å². The van der Waals surface area contributed by atoms with Crippen LogP contribution in [0.15, 0.2) is 42.5 Å². The van der Waals surface area contributed by atoms with E-state index < -0.39 is 18.5 Å². The lowest BCUT2D eigenvalue weighted by molar-refractivity contribution is -0.119. The first-order valence-electron chi connectivity index (χ1n) is 7.86. The summed E-state index contributed by atoms with van der Waals surface area (Å²) < 4.78 is 15.4. The van der Waals surface area contributed by atoms with E-state index in [1.165, 1.54) is 19.8 Å². The minimum atomic E-state index is -0.660. The average molecular weight is 343 g/mol. The van der Waals surface area contributed by atoms with Crippen LogP contribution < -0.4 is 14.8 Å². The Kier molecular flexibility index (Phi) is 6.39. The van der Waals surface area contributed by atoms with Gasteiger partial charge in [0.2, 0.25) is 0 Å². The largest absolute Gasteiger partial charge is 0.493 e. The van der Waals surface area contributed by atoms with Gasteiger partial charge in [0, 0.05) is 5.69 Å². The predicted octanol–water partition coefficient (Wildman–Crippen LogP) is 3.06. The fraction of sp³-hybridized carbons (Fsp3) is 0.263. The Balaban J connectivity index is 1.96. The fourth-order valence-electron chi connectivity index (χ4n) is 2.28. The molecule has 2 aromatic rings. The molecule has 0 spiro atoms. The number of carbonyl (C=O) groups excluding carboxylic acids is 2. The van der Waals surface area contributed by atoms with Crippen molar-refractivity contribution >= 4 is 17.6 Å². The molecule has 0 atom stereocenters. The predicted molar refractivity (Wildman–Crippen MR) is 94.3 cm³/mol. The molecule has 6 heteroatoms. The summed E-state index contributed by atoms with van der Waals surface area (Å²) >= 11 is 0. The van der Waals surface area contributed by atoms with Gasteiger partial charge < -0.3 is 19.5 Å². The van der Waals surface area contributed by atoms with Crippen molar-refractivity contribution in [2.75, 3.05) is 26.1 Å². The summed E-state index contributed by atoms with van der Waals surface area (Å²) in [5.41, 5.74) is 2.02. The number of benzene rings is 2. The molecule has 0 unspecified atom stereocenters. The van der Waals surface area contributed by atoms with Gasteiger partial charge in [0.25, 0.3) is 5.91 Å². The molecule has 0 aliphatic carbocycles. The fourth-order valence-corrected chi connectivity index (χ4v) is 2.28. The van der Waals surface area contributed by atoms with Crippen LogP contribution in [0.1, 0.15) is 22.8 Å². The van der Waals surface area contributed by atoms with Gasteiger partial charge >= 0.3 is 5.97 Å². The van der Waals surface area contributed by atoms with Gasteiger partial charge in [-0.25, -0.2) is 4.79 Å². The molecule has 2 aromatic carbocycles. The first-order chi connectivity index (χ1) is 12.1. The van der Waals surface area contributed by atoms with Gasteiger partial charge in [0.05, 0.1) is 14.2 Å². The van der Waals surface area contributed by atoms with Crippen molar-refractivity contribution in [3.8, 4) is 11.5 Å². The SMILES string of the molecule is CCc1ccc(NC(=O)COC(=O)c2cccc(OC)c2OC)cc1. The molecule has 0 aromatic heterocycles. The number of amides is 1. The zero-order valence-corrected chi connectivity index (χ0v) is 14.5. The number of anilines is 1. The first kappa shape index (κ1) is 18.3. The lowest BCUT2D eigenvalue weighted by Gasteiger charge is -2.12. The van der Waals surface area contributed by atoms with E-state index in [1.54, 1.807) is 18.2 Å². The standard InChI is InChI=1S/C19H21NO5/c1-4-13-8-10-14(11-9-13)20-17(21)12-25-19(22)15-6-5-7-16(23-2)18(15)24-3/h5-11H,4,12H2,1-3H3,(H,20,21). The number of nitrogens with one attached hydrogen (secondary N) is 1. The molecule has 1 amide bonds. The second-order valence-electron chi connectivity index (χ2n) is 5.22. The Labute approximate surface area is 146 Å². The third-order valence-corrected chi connectivity index (χ3v) is 3.60. The average Bonchev–Trinajstić information content (AvgIpc) is 2.65. The normalized spacial score (nSPS) is 10.0. The molecule has 1 N–H and O–H groups in total. The van der Waals surface area contributed by atoms with Crippen LogP contribution in [0.3, 0.4) is 0 Å². The summed E-state index contributed by atoms with van der Waals surface area (Å²) in [6, 6.07) is 12.3. The molecule has 132 valence electrons. The number of carbonyl (C=O) groups is 2. The van der Waals surface area contributed by atoms with Gasteiger partial charge in [0.1, 0.15) is 5.56 Å². The van der Waals surface area contributed by atoms with E-state index in [1.807, 2.05) is 24.3 Å². The summed E-state index contributed by atoms with van der Waals surface area (Å²) in [5, 5.41) is 2.68. The van der Waals surface area contributed by atoms with Crippen LogP contribution in [0.25, 0.3) is 0 Å². The van der Waals surface area contributed by atoms with E-state index in [-0.39, 0.29) is 11.3 Å². The molecule has 0 saturated heterocycles. The molecule has 25 heavy (non-hydrogen) atoms. The van der Waals surface area contributed by atoms with E-state index in [9.17, 15) is 9.59 Å². The van der Waals surface area contributed by atoms with Crippen LogP contribution in [-0.2, 0) is 16.0 Å². The number of para-hydroxylation sites is 1. The van der Waals surface area contributed by atoms with Crippen molar-refractivity contribution in [1.29, 1.82) is 0 Å². The van der Waals surface area contributed by atoms with Crippen LogP contribution in [0.5, 0.6) is 11.5 Å². The molecule has 6 nitrogen and oxygen atoms in total. The number of esters is 1. The molecule has 0 fully saturated rings. The van der Waals surface area contributed by atoms with Crippen LogP contribution in [0.4, 0.5) is 5.69 Å². The van der Waals surface area contributed by atoms with Crippen LogP contribution in [0.2, 0.25) is 0 Å². The molecule has 0 heterocycles. The summed E-state index contributed by atoms with van der Waals surface area (Å²) in [5.74, 6) is -0.394.